The highest BCUT2D eigenvalue weighted by Crippen LogP contribution is 2.25. The van der Waals surface area contributed by atoms with E-state index < -0.39 is 6.03 Å². The maximum Gasteiger partial charge on any atom is 0.316 e. The summed E-state index contributed by atoms with van der Waals surface area (Å²) in [6.45, 7) is 0.388. The summed E-state index contributed by atoms with van der Waals surface area (Å²) in [5.41, 5.74) is 6.56. The Bertz CT molecular complexity index is 655. The molecular formula is C14H15N3O2S2. The predicted octanol–water partition coefficient (Wildman–Crippen LogP) is 2.89. The molecule has 0 saturated carbocycles. The second kappa shape index (κ2) is 7.14. The zero-order chi connectivity index (χ0) is 15.2. The third-order valence-corrected chi connectivity index (χ3v) is 4.53. The topological polar surface area (TPSA) is 84.2 Å². The van der Waals surface area contributed by atoms with Crippen LogP contribution in [0.4, 0.5) is 10.5 Å². The molecule has 1 aromatic heterocycles. The van der Waals surface area contributed by atoms with Gasteiger partial charge in [0, 0.05) is 17.1 Å². The van der Waals surface area contributed by atoms with Gasteiger partial charge in [0.15, 0.2) is 0 Å². The van der Waals surface area contributed by atoms with Gasteiger partial charge in [-0.25, -0.2) is 4.79 Å². The minimum Gasteiger partial charge on any atom is -0.351 e. The number of primary amides is 1. The molecule has 1 aromatic carbocycles. The van der Waals surface area contributed by atoms with Crippen LogP contribution >= 0.6 is 23.1 Å². The summed E-state index contributed by atoms with van der Waals surface area (Å²) >= 11 is 2.97. The van der Waals surface area contributed by atoms with E-state index in [2.05, 4.69) is 10.6 Å². The van der Waals surface area contributed by atoms with Gasteiger partial charge >= 0.3 is 6.03 Å². The number of hydrogen-bond acceptors (Lipinski definition) is 4. The predicted molar refractivity (Wildman–Crippen MR) is 86.9 cm³/mol. The van der Waals surface area contributed by atoms with Gasteiger partial charge in [0.2, 0.25) is 0 Å². The lowest BCUT2D eigenvalue weighted by molar-refractivity contribution is 0.0952. The minimum atomic E-state index is -0.612. The molecule has 0 spiro atoms. The Morgan fingerprint density at radius 3 is 2.86 bits per heavy atom. The number of carbonyl (C=O) groups excluding carboxylic acids is 2. The number of thiophene rings is 1. The number of hydrogen-bond donors (Lipinski definition) is 3. The molecule has 0 aliphatic rings. The lowest BCUT2D eigenvalue weighted by atomic mass is 10.2. The van der Waals surface area contributed by atoms with Crippen LogP contribution in [-0.4, -0.2) is 18.2 Å². The fourth-order valence-electron chi connectivity index (χ4n) is 1.79. The molecule has 21 heavy (non-hydrogen) atoms. The van der Waals surface area contributed by atoms with Gasteiger partial charge < -0.3 is 16.4 Å². The van der Waals surface area contributed by atoms with E-state index in [1.807, 2.05) is 23.8 Å². The van der Waals surface area contributed by atoms with Crippen molar-refractivity contribution in [3.8, 4) is 0 Å². The van der Waals surface area contributed by atoms with Gasteiger partial charge in [-0.3, -0.25) is 4.79 Å². The molecule has 0 unspecified atom stereocenters. The number of nitrogens with one attached hydrogen (secondary N) is 2. The summed E-state index contributed by atoms with van der Waals surface area (Å²) in [5.74, 6) is -0.0948. The first-order chi connectivity index (χ1) is 10.1. The number of rotatable bonds is 5. The third-order valence-electron chi connectivity index (χ3n) is 2.70. The first-order valence-electron chi connectivity index (χ1n) is 6.15. The van der Waals surface area contributed by atoms with Crippen molar-refractivity contribution in [1.82, 2.24) is 5.32 Å². The molecule has 5 nitrogen and oxygen atoms in total. The van der Waals surface area contributed by atoms with Crippen molar-refractivity contribution in [1.29, 1.82) is 0 Å². The van der Waals surface area contributed by atoms with Crippen molar-refractivity contribution in [3.63, 3.8) is 0 Å². The number of nitrogens with two attached hydrogens (primary N) is 1. The Morgan fingerprint density at radius 1 is 1.33 bits per heavy atom. The number of amides is 3. The first-order valence-corrected chi connectivity index (χ1v) is 8.25. The highest BCUT2D eigenvalue weighted by molar-refractivity contribution is 7.98. The molecule has 0 radical (unpaired) electrons. The quantitative estimate of drug-likeness (QED) is 0.740. The van der Waals surface area contributed by atoms with Crippen LogP contribution < -0.4 is 16.4 Å². The van der Waals surface area contributed by atoms with Crippen LogP contribution in [0.25, 0.3) is 0 Å². The van der Waals surface area contributed by atoms with Crippen LogP contribution in [0, 0.1) is 0 Å². The summed E-state index contributed by atoms with van der Waals surface area (Å²) in [6, 6.07) is 8.50. The van der Waals surface area contributed by atoms with E-state index in [1.165, 1.54) is 11.3 Å². The Hall–Kier alpha value is -1.99. The van der Waals surface area contributed by atoms with Crippen molar-refractivity contribution in [2.24, 2.45) is 5.73 Å². The van der Waals surface area contributed by atoms with Crippen LogP contribution in [0.2, 0.25) is 0 Å². The average molecular weight is 321 g/mol. The smallest absolute Gasteiger partial charge is 0.316 e. The zero-order valence-corrected chi connectivity index (χ0v) is 13.0. The molecule has 7 heteroatoms. The summed E-state index contributed by atoms with van der Waals surface area (Å²) in [6.07, 6.45) is 1.94. The maximum atomic E-state index is 12.1. The zero-order valence-electron chi connectivity index (χ0n) is 11.4. The summed E-state index contributed by atoms with van der Waals surface area (Å²) < 4.78 is 0. The molecule has 4 N–H and O–H groups in total. The van der Waals surface area contributed by atoms with Crippen molar-refractivity contribution in [2.75, 3.05) is 11.6 Å². The van der Waals surface area contributed by atoms with Gasteiger partial charge in [-0.15, -0.1) is 23.1 Å². The van der Waals surface area contributed by atoms with Crippen LogP contribution in [0.15, 0.2) is 40.6 Å². The van der Waals surface area contributed by atoms with Crippen LogP contribution in [0.5, 0.6) is 0 Å². The molecule has 2 aromatic rings. The maximum absolute atomic E-state index is 12.1. The lowest BCUT2D eigenvalue weighted by Gasteiger charge is -2.07. The van der Waals surface area contributed by atoms with E-state index in [9.17, 15) is 9.59 Å². The Morgan fingerprint density at radius 2 is 2.14 bits per heavy atom. The third kappa shape index (κ3) is 4.24. The van der Waals surface area contributed by atoms with Gasteiger partial charge in [0.1, 0.15) is 4.88 Å². The second-order valence-electron chi connectivity index (χ2n) is 4.19. The van der Waals surface area contributed by atoms with E-state index in [0.29, 0.717) is 17.1 Å². The lowest BCUT2D eigenvalue weighted by Crippen LogP contribution is -2.23. The Kier molecular flexibility index (Phi) is 5.24. The second-order valence-corrected chi connectivity index (χ2v) is 5.95. The molecule has 2 rings (SSSR count). The van der Waals surface area contributed by atoms with Crippen molar-refractivity contribution in [2.45, 2.75) is 11.4 Å². The normalized spacial score (nSPS) is 10.1. The number of urea groups is 1. The highest BCUT2D eigenvalue weighted by Gasteiger charge is 2.12. The highest BCUT2D eigenvalue weighted by atomic mass is 32.2. The van der Waals surface area contributed by atoms with Gasteiger partial charge in [-0.1, -0.05) is 12.1 Å². The van der Waals surface area contributed by atoms with E-state index in [4.69, 9.17) is 5.73 Å². The molecule has 0 aliphatic carbocycles. The molecule has 0 atom stereocenters. The minimum absolute atomic E-state index is 0.0948. The molecule has 110 valence electrons. The SMILES string of the molecule is CSc1ccsc1C(=O)NCc1cccc(NC(N)=O)c1. The molecular weight excluding hydrogens is 306 g/mol. The van der Waals surface area contributed by atoms with Gasteiger partial charge in [-0.2, -0.15) is 0 Å². The molecule has 0 saturated heterocycles. The van der Waals surface area contributed by atoms with E-state index >= 15 is 0 Å². The number of thioether (sulfide) groups is 1. The van der Waals surface area contributed by atoms with Gasteiger partial charge in [-0.05, 0) is 35.4 Å². The molecule has 1 heterocycles. The number of benzene rings is 1. The largest absolute Gasteiger partial charge is 0.351 e. The van der Waals surface area contributed by atoms with Gasteiger partial charge in [0.05, 0.1) is 0 Å². The fraction of sp³-hybridized carbons (Fsp3) is 0.143. The van der Waals surface area contributed by atoms with Gasteiger partial charge in [0.25, 0.3) is 5.91 Å². The summed E-state index contributed by atoms with van der Waals surface area (Å²) in [4.78, 5) is 24.6. The van der Waals surface area contributed by atoms with E-state index in [0.717, 1.165) is 10.5 Å². The monoisotopic (exact) mass is 321 g/mol. The van der Waals surface area contributed by atoms with Crippen LogP contribution in [0.1, 0.15) is 15.2 Å². The summed E-state index contributed by atoms with van der Waals surface area (Å²) in [7, 11) is 0. The van der Waals surface area contributed by atoms with Crippen molar-refractivity contribution < 1.29 is 9.59 Å². The molecule has 0 bridgehead atoms. The molecule has 0 fully saturated rings. The first kappa shape index (κ1) is 15.4. The van der Waals surface area contributed by atoms with Crippen molar-refractivity contribution in [3.05, 3.63) is 46.2 Å². The van der Waals surface area contributed by atoms with E-state index in [-0.39, 0.29) is 5.91 Å². The summed E-state index contributed by atoms with van der Waals surface area (Å²) in [5, 5.41) is 7.28. The standard InChI is InChI=1S/C14H15N3O2S2/c1-20-11-5-6-21-12(11)13(18)16-8-9-3-2-4-10(7-9)17-14(15)19/h2-7H,8H2,1H3,(H,16,18)(H3,15,17,19). The molecule has 3 amide bonds. The number of carbonyl (C=O) groups is 2. The molecule has 0 aliphatic heterocycles. The number of anilines is 1. The average Bonchev–Trinajstić information content (AvgIpc) is 2.93. The van der Waals surface area contributed by atoms with Crippen LogP contribution in [-0.2, 0) is 6.54 Å². The fourth-order valence-corrected chi connectivity index (χ4v) is 3.45. The Labute approximate surface area is 130 Å². The van der Waals surface area contributed by atoms with E-state index in [1.54, 1.807) is 30.0 Å². The van der Waals surface area contributed by atoms with Crippen LogP contribution in [0.3, 0.4) is 0 Å². The van der Waals surface area contributed by atoms with Crippen molar-refractivity contribution >= 4 is 40.7 Å². The Balaban J connectivity index is 1.99.